The lowest BCUT2D eigenvalue weighted by Gasteiger charge is -2.08. The molecule has 0 unspecified atom stereocenters. The fourth-order valence-corrected chi connectivity index (χ4v) is 2.08. The Bertz CT molecular complexity index is 789. The van der Waals surface area contributed by atoms with E-state index in [-0.39, 0.29) is 18.0 Å². The number of anilines is 1. The molecule has 2 aromatic rings. The van der Waals surface area contributed by atoms with Gasteiger partial charge in [-0.15, -0.1) is 0 Å². The third kappa shape index (κ3) is 5.59. The zero-order valence-electron chi connectivity index (χ0n) is 14.1. The highest BCUT2D eigenvalue weighted by Gasteiger charge is 2.15. The first-order valence-corrected chi connectivity index (χ1v) is 7.90. The van der Waals surface area contributed by atoms with Gasteiger partial charge < -0.3 is 14.8 Å². The Labute approximate surface area is 149 Å². The molecule has 0 saturated heterocycles. The highest BCUT2D eigenvalue weighted by molar-refractivity contribution is 5.94. The molecule has 0 aliphatic carbocycles. The van der Waals surface area contributed by atoms with Gasteiger partial charge >= 0.3 is 5.97 Å². The number of nitro groups is 1. The number of nitro benzene ring substituents is 1. The third-order valence-corrected chi connectivity index (χ3v) is 3.43. The van der Waals surface area contributed by atoms with E-state index in [0.29, 0.717) is 5.75 Å². The van der Waals surface area contributed by atoms with Crippen LogP contribution < -0.4 is 10.1 Å². The van der Waals surface area contributed by atoms with E-state index in [4.69, 9.17) is 9.47 Å². The van der Waals surface area contributed by atoms with Crippen molar-refractivity contribution in [2.75, 3.05) is 18.5 Å². The molecule has 8 heteroatoms. The van der Waals surface area contributed by atoms with Crippen LogP contribution in [0.3, 0.4) is 0 Å². The Morgan fingerprint density at radius 3 is 2.42 bits per heavy atom. The Morgan fingerprint density at radius 1 is 1.08 bits per heavy atom. The van der Waals surface area contributed by atoms with Gasteiger partial charge in [0.25, 0.3) is 11.6 Å². The fraction of sp³-hybridized carbons (Fsp3) is 0.222. The summed E-state index contributed by atoms with van der Waals surface area (Å²) in [4.78, 5) is 33.7. The highest BCUT2D eigenvalue weighted by Crippen LogP contribution is 2.22. The van der Waals surface area contributed by atoms with Crippen molar-refractivity contribution in [2.24, 2.45) is 0 Å². The summed E-state index contributed by atoms with van der Waals surface area (Å²) in [7, 11) is 0. The summed E-state index contributed by atoms with van der Waals surface area (Å²) in [6.45, 7) is 1.12. The average Bonchev–Trinajstić information content (AvgIpc) is 2.65. The monoisotopic (exact) mass is 358 g/mol. The minimum absolute atomic E-state index is 0.0332. The number of carbonyl (C=O) groups excluding carboxylic acids is 2. The van der Waals surface area contributed by atoms with Crippen LogP contribution in [0.15, 0.2) is 48.5 Å². The second-order valence-corrected chi connectivity index (χ2v) is 5.27. The minimum Gasteiger partial charge on any atom is -0.482 e. The second-order valence-electron chi connectivity index (χ2n) is 5.27. The summed E-state index contributed by atoms with van der Waals surface area (Å²) in [6.07, 6.45) is 0.900. The number of aryl methyl sites for hydroxylation is 1. The predicted molar refractivity (Wildman–Crippen MR) is 94.0 cm³/mol. The molecule has 0 fully saturated rings. The van der Waals surface area contributed by atoms with Gasteiger partial charge in [0.2, 0.25) is 0 Å². The maximum absolute atomic E-state index is 11.8. The average molecular weight is 358 g/mol. The standard InChI is InChI=1S/C18H18N2O6/c1-2-13-7-9-14(10-8-13)25-12-18(22)26-11-17(21)19-15-5-3-4-6-16(15)20(23)24/h3-10H,2,11-12H2,1H3,(H,19,21). The molecule has 0 aliphatic heterocycles. The van der Waals surface area contributed by atoms with Gasteiger partial charge in [-0.2, -0.15) is 0 Å². The molecule has 8 nitrogen and oxygen atoms in total. The van der Waals surface area contributed by atoms with E-state index in [1.54, 1.807) is 18.2 Å². The van der Waals surface area contributed by atoms with Crippen molar-refractivity contribution in [3.63, 3.8) is 0 Å². The zero-order valence-corrected chi connectivity index (χ0v) is 14.1. The molecular formula is C18H18N2O6. The van der Waals surface area contributed by atoms with E-state index in [1.165, 1.54) is 18.2 Å². The van der Waals surface area contributed by atoms with E-state index >= 15 is 0 Å². The van der Waals surface area contributed by atoms with Gasteiger partial charge in [-0.25, -0.2) is 4.79 Å². The lowest BCUT2D eigenvalue weighted by Crippen LogP contribution is -2.24. The van der Waals surface area contributed by atoms with Crippen LogP contribution in [0, 0.1) is 10.1 Å². The van der Waals surface area contributed by atoms with Crippen molar-refractivity contribution < 1.29 is 24.0 Å². The maximum atomic E-state index is 11.8. The normalized spacial score (nSPS) is 10.0. The van der Waals surface area contributed by atoms with Crippen LogP contribution in [0.1, 0.15) is 12.5 Å². The maximum Gasteiger partial charge on any atom is 0.344 e. The number of amides is 1. The number of nitrogens with zero attached hydrogens (tertiary/aromatic N) is 1. The molecule has 1 N–H and O–H groups in total. The zero-order chi connectivity index (χ0) is 18.9. The number of para-hydroxylation sites is 2. The fourth-order valence-electron chi connectivity index (χ4n) is 2.08. The highest BCUT2D eigenvalue weighted by atomic mass is 16.6. The van der Waals surface area contributed by atoms with Gasteiger partial charge in [-0.1, -0.05) is 31.2 Å². The molecule has 0 spiro atoms. The molecule has 26 heavy (non-hydrogen) atoms. The molecular weight excluding hydrogens is 340 g/mol. The number of hydrogen-bond acceptors (Lipinski definition) is 6. The number of benzene rings is 2. The van der Waals surface area contributed by atoms with Crippen LogP contribution in [-0.2, 0) is 20.7 Å². The van der Waals surface area contributed by atoms with Gasteiger partial charge in [0.15, 0.2) is 13.2 Å². The molecule has 0 radical (unpaired) electrons. The Kier molecular flexibility index (Phi) is 6.67. The van der Waals surface area contributed by atoms with E-state index < -0.39 is 23.4 Å². The van der Waals surface area contributed by atoms with Gasteiger partial charge in [0.1, 0.15) is 11.4 Å². The molecule has 0 saturated carbocycles. The van der Waals surface area contributed by atoms with Crippen molar-refractivity contribution in [1.82, 2.24) is 0 Å². The van der Waals surface area contributed by atoms with Crippen LogP contribution in [0.4, 0.5) is 11.4 Å². The van der Waals surface area contributed by atoms with Gasteiger partial charge in [0, 0.05) is 6.07 Å². The molecule has 2 aromatic carbocycles. The number of ether oxygens (including phenoxy) is 2. The summed E-state index contributed by atoms with van der Waals surface area (Å²) in [5.41, 5.74) is 0.934. The summed E-state index contributed by atoms with van der Waals surface area (Å²) < 4.78 is 10.1. The Morgan fingerprint density at radius 2 is 1.77 bits per heavy atom. The van der Waals surface area contributed by atoms with E-state index in [2.05, 4.69) is 5.32 Å². The van der Waals surface area contributed by atoms with Crippen LogP contribution in [0.5, 0.6) is 5.75 Å². The van der Waals surface area contributed by atoms with Crippen molar-refractivity contribution in [2.45, 2.75) is 13.3 Å². The predicted octanol–water partition coefficient (Wildman–Crippen LogP) is 2.72. The number of esters is 1. The summed E-state index contributed by atoms with van der Waals surface area (Å²) >= 11 is 0. The topological polar surface area (TPSA) is 108 Å². The molecule has 0 atom stereocenters. The first-order chi connectivity index (χ1) is 12.5. The van der Waals surface area contributed by atoms with Crippen molar-refractivity contribution in [1.29, 1.82) is 0 Å². The quantitative estimate of drug-likeness (QED) is 0.442. The van der Waals surface area contributed by atoms with Crippen LogP contribution in [0.25, 0.3) is 0 Å². The summed E-state index contributed by atoms with van der Waals surface area (Å²) in [5.74, 6) is -0.884. The SMILES string of the molecule is CCc1ccc(OCC(=O)OCC(=O)Nc2ccccc2[N+](=O)[O-])cc1. The Hall–Kier alpha value is -3.42. The summed E-state index contributed by atoms with van der Waals surface area (Å²) in [5, 5.41) is 13.2. The minimum atomic E-state index is -0.720. The first-order valence-electron chi connectivity index (χ1n) is 7.90. The largest absolute Gasteiger partial charge is 0.482 e. The smallest absolute Gasteiger partial charge is 0.344 e. The van der Waals surface area contributed by atoms with Crippen LogP contribution in [0.2, 0.25) is 0 Å². The van der Waals surface area contributed by atoms with Crippen molar-refractivity contribution >= 4 is 23.3 Å². The Balaban J connectivity index is 1.78. The van der Waals surface area contributed by atoms with Crippen molar-refractivity contribution in [3.05, 3.63) is 64.2 Å². The molecule has 0 aromatic heterocycles. The van der Waals surface area contributed by atoms with E-state index in [0.717, 1.165) is 12.0 Å². The number of hydrogen-bond donors (Lipinski definition) is 1. The lowest BCUT2D eigenvalue weighted by molar-refractivity contribution is -0.383. The van der Waals surface area contributed by atoms with Crippen LogP contribution in [-0.4, -0.2) is 30.0 Å². The van der Waals surface area contributed by atoms with E-state index in [9.17, 15) is 19.7 Å². The van der Waals surface area contributed by atoms with E-state index in [1.807, 2.05) is 19.1 Å². The summed E-state index contributed by atoms with van der Waals surface area (Å²) in [6, 6.07) is 13.0. The van der Waals surface area contributed by atoms with Gasteiger partial charge in [0.05, 0.1) is 4.92 Å². The molecule has 1 amide bonds. The molecule has 136 valence electrons. The van der Waals surface area contributed by atoms with Crippen LogP contribution >= 0.6 is 0 Å². The molecule has 0 aliphatic rings. The van der Waals surface area contributed by atoms with Gasteiger partial charge in [-0.05, 0) is 30.2 Å². The number of carbonyl (C=O) groups is 2. The van der Waals surface area contributed by atoms with Crippen molar-refractivity contribution in [3.8, 4) is 5.75 Å². The molecule has 2 rings (SSSR count). The third-order valence-electron chi connectivity index (χ3n) is 3.43. The number of rotatable bonds is 8. The molecule has 0 bridgehead atoms. The first kappa shape index (κ1) is 18.9. The number of nitrogens with one attached hydrogen (secondary N) is 1. The molecule has 0 heterocycles. The second kappa shape index (κ2) is 9.16. The lowest BCUT2D eigenvalue weighted by atomic mass is 10.2. The van der Waals surface area contributed by atoms with Gasteiger partial charge in [-0.3, -0.25) is 14.9 Å².